The molecule has 0 bridgehead atoms. The molecule has 0 saturated heterocycles. The van der Waals surface area contributed by atoms with Crippen LogP contribution in [0.15, 0.2) is 34.3 Å². The molecule has 6 nitrogen and oxygen atoms in total. The van der Waals surface area contributed by atoms with E-state index in [1.165, 1.54) is 6.08 Å². The quantitative estimate of drug-likeness (QED) is 0.591. The van der Waals surface area contributed by atoms with Gasteiger partial charge in [0, 0.05) is 20.3 Å². The minimum atomic E-state index is -4.28. The molecule has 90 valence electrons. The second-order valence-corrected chi connectivity index (χ2v) is 5.10. The Balaban J connectivity index is 3.18. The zero-order valence-electron chi connectivity index (χ0n) is 9.35. The van der Waals surface area contributed by atoms with E-state index >= 15 is 0 Å². The first-order valence-electron chi connectivity index (χ1n) is 4.53. The lowest BCUT2D eigenvalue weighted by Crippen LogP contribution is -2.28. The smallest absolute Gasteiger partial charge is 0.298 e. The minimum absolute atomic E-state index is 0.0822. The summed E-state index contributed by atoms with van der Waals surface area (Å²) in [5.74, 6) is -0.0822. The van der Waals surface area contributed by atoms with Crippen LogP contribution in [0.4, 0.5) is 0 Å². The monoisotopic (exact) mass is 245 g/mol. The van der Waals surface area contributed by atoms with Crippen LogP contribution in [0.2, 0.25) is 0 Å². The molecule has 0 aromatic heterocycles. The Bertz CT molecular complexity index is 486. The van der Waals surface area contributed by atoms with Crippen molar-refractivity contribution in [1.82, 2.24) is 10.2 Å². The number of nitrogens with zero attached hydrogens (tertiary/aromatic N) is 1. The van der Waals surface area contributed by atoms with Gasteiger partial charge in [-0.25, -0.2) is 0 Å². The van der Waals surface area contributed by atoms with Crippen LogP contribution >= 0.6 is 0 Å². The second-order valence-electron chi connectivity index (χ2n) is 3.71. The fraction of sp³-hybridized carbons (Fsp3) is 0.333. The molecular formula is C9H15N3O3S. The topological polar surface area (TPSA) is 95.7 Å². The lowest BCUT2D eigenvalue weighted by atomic mass is 10.1. The van der Waals surface area contributed by atoms with Crippen LogP contribution in [-0.4, -0.2) is 32.0 Å². The third kappa shape index (κ3) is 2.77. The molecule has 0 aromatic carbocycles. The SMILES string of the molecule is CC1=CC(S(=O)(=O)O)=C(N)NC1=CN(C)C. The summed E-state index contributed by atoms with van der Waals surface area (Å²) in [5.41, 5.74) is 6.89. The maximum atomic E-state index is 11.0. The first kappa shape index (κ1) is 12.6. The summed E-state index contributed by atoms with van der Waals surface area (Å²) in [4.78, 5) is 1.49. The number of hydrogen-bond acceptors (Lipinski definition) is 5. The third-order valence-corrected chi connectivity index (χ3v) is 2.87. The van der Waals surface area contributed by atoms with Gasteiger partial charge in [-0.3, -0.25) is 4.55 Å². The molecule has 0 atom stereocenters. The normalized spacial score (nSPS) is 19.5. The van der Waals surface area contributed by atoms with Gasteiger partial charge in [-0.15, -0.1) is 0 Å². The highest BCUT2D eigenvalue weighted by molar-refractivity contribution is 7.90. The fourth-order valence-corrected chi connectivity index (χ4v) is 1.92. The molecule has 1 aliphatic rings. The molecule has 0 aliphatic carbocycles. The molecule has 0 spiro atoms. The van der Waals surface area contributed by atoms with Gasteiger partial charge in [-0.05, 0) is 18.6 Å². The Hall–Kier alpha value is -1.47. The highest BCUT2D eigenvalue weighted by atomic mass is 32.2. The van der Waals surface area contributed by atoms with Crippen molar-refractivity contribution in [2.45, 2.75) is 6.92 Å². The zero-order chi connectivity index (χ0) is 12.5. The zero-order valence-corrected chi connectivity index (χ0v) is 10.2. The first-order valence-corrected chi connectivity index (χ1v) is 5.97. The van der Waals surface area contributed by atoms with Crippen LogP contribution in [0, 0.1) is 0 Å². The van der Waals surface area contributed by atoms with Crippen LogP contribution in [0.5, 0.6) is 0 Å². The molecule has 7 heteroatoms. The van der Waals surface area contributed by atoms with Crippen LogP contribution in [0.3, 0.4) is 0 Å². The molecule has 0 amide bonds. The minimum Gasteiger partial charge on any atom is -0.384 e. The van der Waals surface area contributed by atoms with Gasteiger partial charge in [0.15, 0.2) is 0 Å². The molecule has 0 fully saturated rings. The van der Waals surface area contributed by atoms with Gasteiger partial charge in [0.2, 0.25) is 0 Å². The molecule has 1 rings (SSSR count). The van der Waals surface area contributed by atoms with Gasteiger partial charge in [-0.1, -0.05) is 0 Å². The predicted octanol–water partition coefficient (Wildman–Crippen LogP) is -0.0455. The van der Waals surface area contributed by atoms with Gasteiger partial charge in [0.25, 0.3) is 10.1 Å². The van der Waals surface area contributed by atoms with Crippen LogP contribution in [0.25, 0.3) is 0 Å². The van der Waals surface area contributed by atoms with E-state index in [0.717, 1.165) is 0 Å². The fourth-order valence-electron chi connectivity index (χ4n) is 1.26. The average molecular weight is 245 g/mol. The third-order valence-electron chi connectivity index (χ3n) is 1.97. The van der Waals surface area contributed by atoms with Crippen molar-refractivity contribution in [3.63, 3.8) is 0 Å². The van der Waals surface area contributed by atoms with E-state index in [1.807, 2.05) is 14.1 Å². The van der Waals surface area contributed by atoms with Gasteiger partial charge >= 0.3 is 0 Å². The van der Waals surface area contributed by atoms with Crippen molar-refractivity contribution < 1.29 is 13.0 Å². The Morgan fingerprint density at radius 3 is 2.50 bits per heavy atom. The molecule has 0 unspecified atom stereocenters. The summed E-state index contributed by atoms with van der Waals surface area (Å²) in [6.07, 6.45) is 3.09. The Morgan fingerprint density at radius 2 is 2.06 bits per heavy atom. The van der Waals surface area contributed by atoms with E-state index in [9.17, 15) is 8.42 Å². The van der Waals surface area contributed by atoms with E-state index in [-0.39, 0.29) is 10.7 Å². The van der Waals surface area contributed by atoms with Gasteiger partial charge in [-0.2, -0.15) is 8.42 Å². The number of rotatable bonds is 2. The van der Waals surface area contributed by atoms with E-state index in [0.29, 0.717) is 11.3 Å². The van der Waals surface area contributed by atoms with Crippen molar-refractivity contribution in [2.75, 3.05) is 14.1 Å². The summed E-state index contributed by atoms with van der Waals surface area (Å²) in [5, 5.41) is 2.72. The molecule has 4 N–H and O–H groups in total. The summed E-state index contributed by atoms with van der Waals surface area (Å²) >= 11 is 0. The number of nitrogens with two attached hydrogens (primary N) is 1. The molecule has 1 aliphatic heterocycles. The highest BCUT2D eigenvalue weighted by Gasteiger charge is 2.21. The van der Waals surface area contributed by atoms with Crippen molar-refractivity contribution in [3.8, 4) is 0 Å². The number of allylic oxidation sites excluding steroid dienone is 2. The molecule has 0 aromatic rings. The molecular weight excluding hydrogens is 230 g/mol. The van der Waals surface area contributed by atoms with Crippen LogP contribution in [0.1, 0.15) is 6.92 Å². The number of nitrogens with one attached hydrogen (secondary N) is 1. The Labute approximate surface area is 94.9 Å². The van der Waals surface area contributed by atoms with Crippen molar-refractivity contribution in [1.29, 1.82) is 0 Å². The van der Waals surface area contributed by atoms with E-state index in [4.69, 9.17) is 10.3 Å². The average Bonchev–Trinajstić information content (AvgIpc) is 2.07. The highest BCUT2D eigenvalue weighted by Crippen LogP contribution is 2.20. The largest absolute Gasteiger partial charge is 0.384 e. The maximum absolute atomic E-state index is 11.0. The van der Waals surface area contributed by atoms with E-state index < -0.39 is 10.1 Å². The lowest BCUT2D eigenvalue weighted by Gasteiger charge is -2.20. The molecule has 16 heavy (non-hydrogen) atoms. The first-order chi connectivity index (χ1) is 7.21. The molecule has 1 heterocycles. The number of hydrogen-bond donors (Lipinski definition) is 3. The van der Waals surface area contributed by atoms with Gasteiger partial charge in [0.05, 0.1) is 5.70 Å². The van der Waals surface area contributed by atoms with Gasteiger partial charge in [0.1, 0.15) is 10.7 Å². The van der Waals surface area contributed by atoms with Crippen molar-refractivity contribution >= 4 is 10.1 Å². The van der Waals surface area contributed by atoms with Crippen LogP contribution < -0.4 is 11.1 Å². The second kappa shape index (κ2) is 4.18. The standard InChI is InChI=1S/C9H15N3O3S/c1-6-4-8(16(13,14)15)9(10)11-7(6)5-12(2)3/h4-5,11H,10H2,1-3H3,(H,13,14,15). The molecule has 0 saturated carbocycles. The van der Waals surface area contributed by atoms with Crippen LogP contribution in [-0.2, 0) is 10.1 Å². The Morgan fingerprint density at radius 1 is 1.50 bits per heavy atom. The van der Waals surface area contributed by atoms with Crippen molar-refractivity contribution in [2.24, 2.45) is 5.73 Å². The van der Waals surface area contributed by atoms with Gasteiger partial charge < -0.3 is 16.0 Å². The number of dihydropyridines is 1. The van der Waals surface area contributed by atoms with E-state index in [2.05, 4.69) is 5.32 Å². The van der Waals surface area contributed by atoms with E-state index in [1.54, 1.807) is 18.0 Å². The summed E-state index contributed by atoms with van der Waals surface area (Å²) in [7, 11) is -0.618. The lowest BCUT2D eigenvalue weighted by molar-refractivity contribution is 0.491. The summed E-state index contributed by atoms with van der Waals surface area (Å²) in [6, 6.07) is 0. The Kier molecular flexibility index (Phi) is 3.30. The maximum Gasteiger partial charge on any atom is 0.298 e. The van der Waals surface area contributed by atoms with Crippen molar-refractivity contribution in [3.05, 3.63) is 34.3 Å². The molecule has 0 radical (unpaired) electrons. The summed E-state index contributed by atoms with van der Waals surface area (Å²) in [6.45, 7) is 1.72. The predicted molar refractivity (Wildman–Crippen MR) is 61.4 cm³/mol. The summed E-state index contributed by atoms with van der Waals surface area (Å²) < 4.78 is 30.9.